The van der Waals surface area contributed by atoms with E-state index < -0.39 is 35.7 Å². The molecule has 0 spiro atoms. The summed E-state index contributed by atoms with van der Waals surface area (Å²) in [7, 11) is 3.77. The predicted molar refractivity (Wildman–Crippen MR) is 118 cm³/mol. The Morgan fingerprint density at radius 2 is 1.97 bits per heavy atom. The summed E-state index contributed by atoms with van der Waals surface area (Å²) in [5, 5.41) is 9.97. The molecule has 1 aliphatic carbocycles. The quantitative estimate of drug-likeness (QED) is 0.247. The highest BCUT2D eigenvalue weighted by Gasteiger charge is 2.31. The van der Waals surface area contributed by atoms with E-state index in [9.17, 15) is 23.6 Å². The summed E-state index contributed by atoms with van der Waals surface area (Å²) in [5.74, 6) is -3.75. The normalized spacial score (nSPS) is 19.6. The number of hydrazine groups is 1. The highest BCUT2D eigenvalue weighted by Crippen LogP contribution is 2.31. The molecule has 13 heteroatoms. The Hall–Kier alpha value is -2.67. The molecular weight excluding hydrogens is 455 g/mol. The largest absolute Gasteiger partial charge is 0.352 e. The standard InChI is InChI=1S/C21H32F3N7O3/c1-29(2)15-7-8-30(11-15)20-16(22)18(25-19(26-20)17(23)24)27-28-21(33)14(10-31(34)12-32)9-13-5-3-4-6-13/h12-15,17,34H,3-11H2,1-2H3,(H,28,33)(H,25,26,27)/t14-,15+/m1/s1. The molecule has 0 unspecified atom stereocenters. The molecule has 190 valence electrons. The molecule has 34 heavy (non-hydrogen) atoms. The zero-order valence-electron chi connectivity index (χ0n) is 19.4. The molecule has 0 aromatic carbocycles. The minimum atomic E-state index is -3.03. The van der Waals surface area contributed by atoms with Gasteiger partial charge in [0.2, 0.25) is 18.1 Å². The van der Waals surface area contributed by atoms with Gasteiger partial charge in [-0.05, 0) is 32.9 Å². The molecule has 1 saturated heterocycles. The van der Waals surface area contributed by atoms with Crippen LogP contribution in [0.1, 0.15) is 50.8 Å². The molecule has 0 bridgehead atoms. The topological polar surface area (TPSA) is 114 Å². The van der Waals surface area contributed by atoms with E-state index in [0.29, 0.717) is 24.6 Å². The summed E-state index contributed by atoms with van der Waals surface area (Å²) < 4.78 is 42.1. The predicted octanol–water partition coefficient (Wildman–Crippen LogP) is 2.18. The molecule has 1 saturated carbocycles. The van der Waals surface area contributed by atoms with Crippen molar-refractivity contribution in [1.82, 2.24) is 25.4 Å². The van der Waals surface area contributed by atoms with E-state index in [2.05, 4.69) is 20.8 Å². The summed E-state index contributed by atoms with van der Waals surface area (Å²) in [5.41, 5.74) is 4.63. The number of alkyl halides is 2. The maximum absolute atomic E-state index is 15.2. The number of anilines is 2. The number of likely N-dealkylation sites (N-methyl/N-ethyl adjacent to an activating group) is 1. The third kappa shape index (κ3) is 6.47. The van der Waals surface area contributed by atoms with E-state index in [1.807, 2.05) is 19.0 Å². The Bertz CT molecular complexity index is 855. The molecule has 1 aromatic heterocycles. The van der Waals surface area contributed by atoms with Crippen LogP contribution in [-0.2, 0) is 9.59 Å². The molecule has 10 nitrogen and oxygen atoms in total. The maximum Gasteiger partial charge on any atom is 0.297 e. The van der Waals surface area contributed by atoms with Gasteiger partial charge in [0.15, 0.2) is 17.5 Å². The second kappa shape index (κ2) is 11.6. The smallest absolute Gasteiger partial charge is 0.297 e. The molecule has 2 aliphatic rings. The summed E-state index contributed by atoms with van der Waals surface area (Å²) in [6.07, 6.45) is 2.28. The van der Waals surface area contributed by atoms with Gasteiger partial charge in [-0.25, -0.2) is 23.8 Å². The average molecular weight is 488 g/mol. The first-order valence-electron chi connectivity index (χ1n) is 11.4. The van der Waals surface area contributed by atoms with Crippen LogP contribution in [0, 0.1) is 17.7 Å². The zero-order chi connectivity index (χ0) is 24.8. The number of halogens is 3. The Balaban J connectivity index is 1.75. The molecule has 2 heterocycles. The number of nitrogens with one attached hydrogen (secondary N) is 2. The lowest BCUT2D eigenvalue weighted by atomic mass is 9.92. The van der Waals surface area contributed by atoms with Gasteiger partial charge in [0.1, 0.15) is 0 Å². The van der Waals surface area contributed by atoms with Crippen molar-refractivity contribution >= 4 is 24.0 Å². The van der Waals surface area contributed by atoms with Crippen molar-refractivity contribution in [3.63, 3.8) is 0 Å². The first-order chi connectivity index (χ1) is 16.2. The number of nitrogens with zero attached hydrogens (tertiary/aromatic N) is 5. The minimum absolute atomic E-state index is 0.121. The Kier molecular flexibility index (Phi) is 8.89. The second-order valence-corrected chi connectivity index (χ2v) is 9.15. The van der Waals surface area contributed by atoms with E-state index in [1.165, 1.54) is 0 Å². The van der Waals surface area contributed by atoms with Crippen molar-refractivity contribution in [2.24, 2.45) is 11.8 Å². The fraction of sp³-hybridized carbons (Fsp3) is 0.714. The van der Waals surface area contributed by atoms with Gasteiger partial charge in [-0.2, -0.15) is 4.39 Å². The Labute approximate surface area is 196 Å². The molecule has 2 fully saturated rings. The third-order valence-electron chi connectivity index (χ3n) is 6.54. The number of carbonyl (C=O) groups is 2. The van der Waals surface area contributed by atoms with Crippen molar-refractivity contribution in [3.8, 4) is 0 Å². The number of hydroxylamine groups is 2. The van der Waals surface area contributed by atoms with Gasteiger partial charge in [0.05, 0.1) is 12.5 Å². The van der Waals surface area contributed by atoms with Gasteiger partial charge in [-0.15, -0.1) is 0 Å². The summed E-state index contributed by atoms with van der Waals surface area (Å²) in [6.45, 7) is 0.608. The Morgan fingerprint density at radius 1 is 1.26 bits per heavy atom. The van der Waals surface area contributed by atoms with Crippen molar-refractivity contribution in [2.75, 3.05) is 44.1 Å². The number of rotatable bonds is 11. The number of carbonyl (C=O) groups excluding carboxylic acids is 2. The molecule has 2 amide bonds. The van der Waals surface area contributed by atoms with Crippen molar-refractivity contribution in [1.29, 1.82) is 0 Å². The molecule has 2 atom stereocenters. The lowest BCUT2D eigenvalue weighted by Gasteiger charge is -2.24. The monoisotopic (exact) mass is 487 g/mol. The lowest BCUT2D eigenvalue weighted by Crippen LogP contribution is -2.41. The van der Waals surface area contributed by atoms with Crippen LogP contribution >= 0.6 is 0 Å². The summed E-state index contributed by atoms with van der Waals surface area (Å²) >= 11 is 0. The second-order valence-electron chi connectivity index (χ2n) is 9.15. The van der Waals surface area contributed by atoms with Gasteiger partial charge in [0, 0.05) is 19.1 Å². The highest BCUT2D eigenvalue weighted by molar-refractivity contribution is 5.80. The molecule has 1 aliphatic heterocycles. The van der Waals surface area contributed by atoms with Crippen LogP contribution in [0.3, 0.4) is 0 Å². The highest BCUT2D eigenvalue weighted by atomic mass is 19.3. The van der Waals surface area contributed by atoms with Crippen LogP contribution in [-0.4, -0.2) is 77.2 Å². The van der Waals surface area contributed by atoms with Crippen molar-refractivity contribution < 1.29 is 28.0 Å². The Morgan fingerprint density at radius 3 is 2.56 bits per heavy atom. The SMILES string of the molecule is CN(C)[C@H]1CCN(c2nc(C(F)F)nc(NNC(=O)[C@H](CC3CCCC3)CN(O)C=O)c2F)C1. The van der Waals surface area contributed by atoms with E-state index in [0.717, 1.165) is 32.1 Å². The number of amides is 2. The lowest BCUT2D eigenvalue weighted by molar-refractivity contribution is -0.154. The fourth-order valence-corrected chi connectivity index (χ4v) is 4.60. The fourth-order valence-electron chi connectivity index (χ4n) is 4.60. The van der Waals surface area contributed by atoms with E-state index in [4.69, 9.17) is 0 Å². The minimum Gasteiger partial charge on any atom is -0.352 e. The summed E-state index contributed by atoms with van der Waals surface area (Å²) in [4.78, 5) is 34.5. The first kappa shape index (κ1) is 25.9. The van der Waals surface area contributed by atoms with Crippen molar-refractivity contribution in [2.45, 2.75) is 51.0 Å². The van der Waals surface area contributed by atoms with Crippen LogP contribution in [0.25, 0.3) is 0 Å². The van der Waals surface area contributed by atoms with E-state index in [1.54, 1.807) is 4.90 Å². The summed E-state index contributed by atoms with van der Waals surface area (Å²) in [6, 6.07) is 0.121. The maximum atomic E-state index is 15.2. The first-order valence-corrected chi connectivity index (χ1v) is 11.4. The van der Waals surface area contributed by atoms with Gasteiger partial charge in [-0.1, -0.05) is 25.7 Å². The van der Waals surface area contributed by atoms with Gasteiger partial charge in [0.25, 0.3) is 6.43 Å². The zero-order valence-corrected chi connectivity index (χ0v) is 19.4. The van der Waals surface area contributed by atoms with Crippen LogP contribution < -0.4 is 15.8 Å². The molecule has 1 aromatic rings. The molecule has 3 N–H and O–H groups in total. The van der Waals surface area contributed by atoms with Crippen LogP contribution in [0.5, 0.6) is 0 Å². The molecule has 3 rings (SSSR count). The number of hydrogen-bond acceptors (Lipinski definition) is 8. The molecule has 0 radical (unpaired) electrons. The molecular formula is C21H32F3N7O3. The third-order valence-corrected chi connectivity index (χ3v) is 6.54. The van der Waals surface area contributed by atoms with Crippen LogP contribution in [0.4, 0.5) is 24.8 Å². The van der Waals surface area contributed by atoms with E-state index >= 15 is 4.39 Å². The van der Waals surface area contributed by atoms with Gasteiger partial charge >= 0.3 is 0 Å². The van der Waals surface area contributed by atoms with Gasteiger partial charge in [-0.3, -0.25) is 25.6 Å². The van der Waals surface area contributed by atoms with Crippen molar-refractivity contribution in [3.05, 3.63) is 11.6 Å². The van der Waals surface area contributed by atoms with E-state index in [-0.39, 0.29) is 30.7 Å². The number of hydrogen-bond donors (Lipinski definition) is 3. The van der Waals surface area contributed by atoms with Gasteiger partial charge < -0.3 is 9.80 Å². The number of aromatic nitrogens is 2. The van der Waals surface area contributed by atoms with Crippen LogP contribution in [0.2, 0.25) is 0 Å². The average Bonchev–Trinajstić information content (AvgIpc) is 3.49. The van der Waals surface area contributed by atoms with Crippen LogP contribution in [0.15, 0.2) is 0 Å².